The van der Waals surface area contributed by atoms with Crippen LogP contribution < -0.4 is 4.90 Å². The van der Waals surface area contributed by atoms with Crippen molar-refractivity contribution < 1.29 is 14.3 Å². The van der Waals surface area contributed by atoms with E-state index in [4.69, 9.17) is 5.11 Å². The summed E-state index contributed by atoms with van der Waals surface area (Å²) in [6.07, 6.45) is 0. The second-order valence-electron chi connectivity index (χ2n) is 4.58. The van der Waals surface area contributed by atoms with E-state index >= 15 is 0 Å². The fraction of sp³-hybridized carbons (Fsp3) is 0.188. The zero-order valence-electron chi connectivity index (χ0n) is 11.2. The van der Waals surface area contributed by atoms with Crippen LogP contribution in [0.5, 0.6) is 0 Å². The van der Waals surface area contributed by atoms with Crippen LogP contribution in [-0.4, -0.2) is 17.6 Å². The highest BCUT2D eigenvalue weighted by Crippen LogP contribution is 2.26. The smallest absolute Gasteiger partial charge is 0.323 e. The van der Waals surface area contributed by atoms with Crippen LogP contribution in [0.25, 0.3) is 0 Å². The molecule has 4 heteroatoms. The highest BCUT2D eigenvalue weighted by Gasteiger charge is 2.18. The molecule has 1 atom stereocenters. The third-order valence-corrected chi connectivity index (χ3v) is 3.21. The molecular formula is C16H16FNO2. The minimum atomic E-state index is -0.919. The van der Waals surface area contributed by atoms with E-state index in [0.717, 1.165) is 5.56 Å². The van der Waals surface area contributed by atoms with Crippen molar-refractivity contribution >= 4 is 11.7 Å². The van der Waals surface area contributed by atoms with Crippen molar-refractivity contribution in [3.05, 3.63) is 66.0 Å². The van der Waals surface area contributed by atoms with Gasteiger partial charge in [0.1, 0.15) is 12.4 Å². The molecule has 2 aromatic carbocycles. The number of anilines is 1. The quantitative estimate of drug-likeness (QED) is 0.906. The van der Waals surface area contributed by atoms with Gasteiger partial charge in [0.2, 0.25) is 0 Å². The lowest BCUT2D eigenvalue weighted by Gasteiger charge is -2.30. The van der Waals surface area contributed by atoms with Gasteiger partial charge in [0.05, 0.1) is 6.04 Å². The van der Waals surface area contributed by atoms with Crippen molar-refractivity contribution in [2.24, 2.45) is 0 Å². The Kier molecular flexibility index (Phi) is 4.35. The molecule has 2 aromatic rings. The summed E-state index contributed by atoms with van der Waals surface area (Å²) in [5.41, 5.74) is 1.70. The number of carbonyl (C=O) groups is 1. The fourth-order valence-corrected chi connectivity index (χ4v) is 2.14. The average molecular weight is 273 g/mol. The molecule has 0 saturated carbocycles. The second kappa shape index (κ2) is 6.19. The minimum absolute atomic E-state index is 0.113. The zero-order valence-corrected chi connectivity index (χ0v) is 11.2. The molecule has 3 nitrogen and oxygen atoms in total. The first-order valence-corrected chi connectivity index (χ1v) is 6.37. The van der Waals surface area contributed by atoms with Gasteiger partial charge in [-0.25, -0.2) is 4.39 Å². The molecular weight excluding hydrogens is 257 g/mol. The van der Waals surface area contributed by atoms with Crippen molar-refractivity contribution in [2.45, 2.75) is 13.0 Å². The fourth-order valence-electron chi connectivity index (χ4n) is 2.14. The van der Waals surface area contributed by atoms with E-state index in [1.165, 1.54) is 12.1 Å². The van der Waals surface area contributed by atoms with E-state index in [-0.39, 0.29) is 18.4 Å². The van der Waals surface area contributed by atoms with E-state index in [1.807, 2.05) is 37.3 Å². The Labute approximate surface area is 117 Å². The number of hydrogen-bond donors (Lipinski definition) is 1. The molecule has 0 spiro atoms. The highest BCUT2D eigenvalue weighted by atomic mass is 19.1. The molecule has 0 aliphatic rings. The molecule has 0 amide bonds. The van der Waals surface area contributed by atoms with E-state index < -0.39 is 5.97 Å². The molecule has 0 saturated heterocycles. The Hall–Kier alpha value is -2.36. The standard InChI is InChI=1S/C16H16FNO2/c1-12(13-5-3-2-4-6-13)18(11-16(19)20)15-9-7-14(17)8-10-15/h2-10,12H,11H2,1H3,(H,19,20)/t12-/m0/s1. The lowest BCUT2D eigenvalue weighted by molar-refractivity contribution is -0.135. The van der Waals surface area contributed by atoms with Crippen LogP contribution in [0.1, 0.15) is 18.5 Å². The number of carboxylic acid groups (broad SMARTS) is 1. The van der Waals surface area contributed by atoms with Crippen molar-refractivity contribution in [3.63, 3.8) is 0 Å². The van der Waals surface area contributed by atoms with Gasteiger partial charge in [-0.2, -0.15) is 0 Å². The number of carboxylic acids is 1. The summed E-state index contributed by atoms with van der Waals surface area (Å²) in [5, 5.41) is 9.08. The van der Waals surface area contributed by atoms with Gasteiger partial charge in [0.25, 0.3) is 0 Å². The zero-order chi connectivity index (χ0) is 14.5. The van der Waals surface area contributed by atoms with E-state index in [1.54, 1.807) is 17.0 Å². The molecule has 104 valence electrons. The number of halogens is 1. The Morgan fingerprint density at radius 3 is 2.30 bits per heavy atom. The normalized spacial score (nSPS) is 11.9. The third-order valence-electron chi connectivity index (χ3n) is 3.21. The molecule has 0 radical (unpaired) electrons. The van der Waals surface area contributed by atoms with Crippen LogP contribution in [0.4, 0.5) is 10.1 Å². The van der Waals surface area contributed by atoms with Crippen LogP contribution in [-0.2, 0) is 4.79 Å². The number of benzene rings is 2. The summed E-state index contributed by atoms with van der Waals surface area (Å²) >= 11 is 0. The van der Waals surface area contributed by atoms with Crippen LogP contribution >= 0.6 is 0 Å². The Balaban J connectivity index is 2.32. The van der Waals surface area contributed by atoms with Gasteiger partial charge in [-0.3, -0.25) is 4.79 Å². The monoisotopic (exact) mass is 273 g/mol. The summed E-state index contributed by atoms with van der Waals surface area (Å²) in [4.78, 5) is 12.8. The highest BCUT2D eigenvalue weighted by molar-refractivity contribution is 5.74. The predicted octanol–water partition coefficient (Wildman–Crippen LogP) is 3.48. The topological polar surface area (TPSA) is 40.5 Å². The molecule has 0 aliphatic heterocycles. The molecule has 0 aromatic heterocycles. The largest absolute Gasteiger partial charge is 0.480 e. The number of aliphatic carboxylic acids is 1. The predicted molar refractivity (Wildman–Crippen MR) is 76.2 cm³/mol. The Bertz CT molecular complexity index is 569. The van der Waals surface area contributed by atoms with Gasteiger partial charge in [0, 0.05) is 5.69 Å². The molecule has 0 fully saturated rings. The van der Waals surface area contributed by atoms with Crippen molar-refractivity contribution in [2.75, 3.05) is 11.4 Å². The lowest BCUT2D eigenvalue weighted by Crippen LogP contribution is -2.32. The van der Waals surface area contributed by atoms with Crippen LogP contribution in [0.2, 0.25) is 0 Å². The first-order chi connectivity index (χ1) is 9.58. The minimum Gasteiger partial charge on any atom is -0.480 e. The molecule has 20 heavy (non-hydrogen) atoms. The van der Waals surface area contributed by atoms with Gasteiger partial charge in [-0.15, -0.1) is 0 Å². The first kappa shape index (κ1) is 14.1. The van der Waals surface area contributed by atoms with Gasteiger partial charge in [-0.05, 0) is 36.8 Å². The number of nitrogens with zero attached hydrogens (tertiary/aromatic N) is 1. The van der Waals surface area contributed by atoms with Crippen LogP contribution in [0.3, 0.4) is 0 Å². The molecule has 0 unspecified atom stereocenters. The first-order valence-electron chi connectivity index (χ1n) is 6.37. The molecule has 0 heterocycles. The maximum atomic E-state index is 13.0. The summed E-state index contributed by atoms with van der Waals surface area (Å²) in [5.74, 6) is -1.26. The molecule has 0 bridgehead atoms. The van der Waals surface area contributed by atoms with E-state index in [0.29, 0.717) is 5.69 Å². The summed E-state index contributed by atoms with van der Waals surface area (Å²) < 4.78 is 13.0. The number of hydrogen-bond acceptors (Lipinski definition) is 2. The van der Waals surface area contributed by atoms with E-state index in [9.17, 15) is 9.18 Å². The lowest BCUT2D eigenvalue weighted by atomic mass is 10.1. The van der Waals surface area contributed by atoms with Gasteiger partial charge < -0.3 is 10.0 Å². The van der Waals surface area contributed by atoms with Crippen molar-refractivity contribution in [1.29, 1.82) is 0 Å². The van der Waals surface area contributed by atoms with Gasteiger partial charge in [-0.1, -0.05) is 30.3 Å². The average Bonchev–Trinajstić information content (AvgIpc) is 2.46. The maximum absolute atomic E-state index is 13.0. The van der Waals surface area contributed by atoms with Crippen molar-refractivity contribution in [3.8, 4) is 0 Å². The second-order valence-corrected chi connectivity index (χ2v) is 4.58. The maximum Gasteiger partial charge on any atom is 0.323 e. The van der Waals surface area contributed by atoms with Gasteiger partial charge in [0.15, 0.2) is 0 Å². The van der Waals surface area contributed by atoms with Crippen molar-refractivity contribution in [1.82, 2.24) is 0 Å². The molecule has 2 rings (SSSR count). The van der Waals surface area contributed by atoms with Gasteiger partial charge >= 0.3 is 5.97 Å². The SMILES string of the molecule is C[C@@H](c1ccccc1)N(CC(=O)O)c1ccc(F)cc1. The summed E-state index contributed by atoms with van der Waals surface area (Å²) in [6, 6.07) is 15.4. The molecule has 0 aliphatic carbocycles. The Morgan fingerprint density at radius 2 is 1.75 bits per heavy atom. The summed E-state index contributed by atoms with van der Waals surface area (Å²) in [7, 11) is 0. The Morgan fingerprint density at radius 1 is 1.15 bits per heavy atom. The van der Waals surface area contributed by atoms with Crippen LogP contribution in [0, 0.1) is 5.82 Å². The van der Waals surface area contributed by atoms with E-state index in [2.05, 4.69) is 0 Å². The number of rotatable bonds is 5. The summed E-state index contributed by atoms with van der Waals surface area (Å²) in [6.45, 7) is 1.79. The third kappa shape index (κ3) is 3.35. The van der Waals surface area contributed by atoms with Crippen LogP contribution in [0.15, 0.2) is 54.6 Å². The molecule has 1 N–H and O–H groups in total.